The summed E-state index contributed by atoms with van der Waals surface area (Å²) in [6.07, 6.45) is 3.09. The molecule has 6 nitrogen and oxygen atoms in total. The van der Waals surface area contributed by atoms with Gasteiger partial charge in [0, 0.05) is 18.9 Å². The molecule has 1 rings (SSSR count). The van der Waals surface area contributed by atoms with Gasteiger partial charge in [0.2, 0.25) is 11.8 Å². The lowest BCUT2D eigenvalue weighted by Gasteiger charge is -2.16. The third kappa shape index (κ3) is 6.54. The fourth-order valence-corrected chi connectivity index (χ4v) is 1.91. The van der Waals surface area contributed by atoms with Crippen LogP contribution in [0.15, 0.2) is 0 Å². The van der Waals surface area contributed by atoms with Gasteiger partial charge < -0.3 is 15.7 Å². The van der Waals surface area contributed by atoms with Gasteiger partial charge in [-0.2, -0.15) is 0 Å². The quantitative estimate of drug-likeness (QED) is 0.548. The molecule has 1 saturated carbocycles. The van der Waals surface area contributed by atoms with Gasteiger partial charge in [-0.15, -0.1) is 0 Å². The molecule has 0 unspecified atom stereocenters. The van der Waals surface area contributed by atoms with E-state index in [-0.39, 0.29) is 30.1 Å². The van der Waals surface area contributed by atoms with Crippen LogP contribution >= 0.6 is 0 Å². The highest BCUT2D eigenvalue weighted by Gasteiger charge is 2.29. The van der Waals surface area contributed by atoms with Crippen LogP contribution in [0.5, 0.6) is 0 Å². The van der Waals surface area contributed by atoms with Crippen LogP contribution in [0.25, 0.3) is 0 Å². The summed E-state index contributed by atoms with van der Waals surface area (Å²) < 4.78 is 0. The Bertz CT molecular complexity index is 364. The Balaban J connectivity index is 2.16. The molecule has 0 aliphatic heterocycles. The van der Waals surface area contributed by atoms with Crippen LogP contribution in [0.2, 0.25) is 0 Å². The van der Waals surface area contributed by atoms with Crippen LogP contribution in [0.4, 0.5) is 0 Å². The zero-order valence-corrected chi connectivity index (χ0v) is 12.1. The van der Waals surface area contributed by atoms with Gasteiger partial charge in [0.1, 0.15) is 6.04 Å². The number of hydrogen-bond donors (Lipinski definition) is 3. The summed E-state index contributed by atoms with van der Waals surface area (Å²) >= 11 is 0. The fraction of sp³-hybridized carbons (Fsp3) is 0.786. The average molecular weight is 284 g/mol. The number of hydrogen-bond acceptors (Lipinski definition) is 3. The Morgan fingerprint density at radius 3 is 2.40 bits per heavy atom. The number of carboxylic acids is 1. The first-order valence-corrected chi connectivity index (χ1v) is 7.20. The minimum Gasteiger partial charge on any atom is -0.480 e. The van der Waals surface area contributed by atoms with Crippen LogP contribution in [0.1, 0.15) is 46.0 Å². The molecular formula is C14H24N2O4. The number of carbonyl (C=O) groups is 3. The van der Waals surface area contributed by atoms with E-state index in [0.29, 0.717) is 19.4 Å². The van der Waals surface area contributed by atoms with Gasteiger partial charge in [0.05, 0.1) is 0 Å². The Morgan fingerprint density at radius 1 is 1.25 bits per heavy atom. The molecular weight excluding hydrogens is 260 g/mol. The molecule has 1 aliphatic rings. The van der Waals surface area contributed by atoms with Crippen molar-refractivity contribution in [2.75, 3.05) is 6.54 Å². The SMILES string of the molecule is CC(C)C[C@H](NC(=O)CCCNC(=O)C1CC1)C(=O)O. The average Bonchev–Trinajstić information content (AvgIpc) is 3.17. The van der Waals surface area contributed by atoms with Gasteiger partial charge in [0.15, 0.2) is 0 Å². The molecule has 0 aromatic heterocycles. The highest BCUT2D eigenvalue weighted by atomic mass is 16.4. The molecule has 1 fully saturated rings. The molecule has 114 valence electrons. The first-order valence-electron chi connectivity index (χ1n) is 7.20. The molecule has 20 heavy (non-hydrogen) atoms. The maximum absolute atomic E-state index is 11.6. The van der Waals surface area contributed by atoms with Crippen molar-refractivity contribution < 1.29 is 19.5 Å². The summed E-state index contributed by atoms with van der Waals surface area (Å²) in [5.74, 6) is -0.845. The Labute approximate surface area is 119 Å². The molecule has 6 heteroatoms. The van der Waals surface area contributed by atoms with E-state index in [9.17, 15) is 14.4 Å². The monoisotopic (exact) mass is 284 g/mol. The number of aliphatic carboxylic acids is 1. The van der Waals surface area contributed by atoms with Crippen LogP contribution in [-0.4, -0.2) is 35.5 Å². The summed E-state index contributed by atoms with van der Waals surface area (Å²) in [5.41, 5.74) is 0. The fourth-order valence-electron chi connectivity index (χ4n) is 1.91. The number of carbonyl (C=O) groups excluding carboxylic acids is 2. The van der Waals surface area contributed by atoms with E-state index in [1.807, 2.05) is 13.8 Å². The molecule has 2 amide bonds. The highest BCUT2D eigenvalue weighted by molar-refractivity contribution is 5.83. The molecule has 1 aliphatic carbocycles. The van der Waals surface area contributed by atoms with Crippen LogP contribution < -0.4 is 10.6 Å². The van der Waals surface area contributed by atoms with E-state index in [1.165, 1.54) is 0 Å². The van der Waals surface area contributed by atoms with E-state index < -0.39 is 12.0 Å². The normalized spacial score (nSPS) is 15.8. The van der Waals surface area contributed by atoms with Crippen molar-refractivity contribution in [1.29, 1.82) is 0 Å². The Kier molecular flexibility index (Phi) is 6.48. The number of carboxylic acid groups (broad SMARTS) is 1. The molecule has 0 aromatic carbocycles. The van der Waals surface area contributed by atoms with E-state index in [4.69, 9.17) is 5.11 Å². The van der Waals surface area contributed by atoms with Gasteiger partial charge in [-0.3, -0.25) is 9.59 Å². The number of amides is 2. The first kappa shape index (κ1) is 16.5. The van der Waals surface area contributed by atoms with Gasteiger partial charge in [-0.05, 0) is 31.6 Å². The minimum absolute atomic E-state index is 0.0635. The predicted molar refractivity (Wildman–Crippen MR) is 74.0 cm³/mol. The largest absolute Gasteiger partial charge is 0.480 e. The predicted octanol–water partition coefficient (Wildman–Crippen LogP) is 0.908. The van der Waals surface area contributed by atoms with Crippen LogP contribution in [-0.2, 0) is 14.4 Å². The molecule has 0 bridgehead atoms. The van der Waals surface area contributed by atoms with Crippen molar-refractivity contribution >= 4 is 17.8 Å². The minimum atomic E-state index is -1.01. The summed E-state index contributed by atoms with van der Waals surface area (Å²) in [7, 11) is 0. The second-order valence-electron chi connectivity index (χ2n) is 5.76. The molecule has 0 spiro atoms. The van der Waals surface area contributed by atoms with Gasteiger partial charge >= 0.3 is 5.97 Å². The van der Waals surface area contributed by atoms with Crippen LogP contribution in [0.3, 0.4) is 0 Å². The van der Waals surface area contributed by atoms with E-state index in [0.717, 1.165) is 12.8 Å². The van der Waals surface area contributed by atoms with Crippen molar-refractivity contribution in [3.05, 3.63) is 0 Å². The zero-order chi connectivity index (χ0) is 15.1. The molecule has 3 N–H and O–H groups in total. The number of nitrogens with one attached hydrogen (secondary N) is 2. The van der Waals surface area contributed by atoms with Crippen molar-refractivity contribution in [2.45, 2.75) is 52.0 Å². The van der Waals surface area contributed by atoms with Crippen LogP contribution in [0, 0.1) is 11.8 Å². The Morgan fingerprint density at radius 2 is 1.90 bits per heavy atom. The first-order chi connectivity index (χ1) is 9.40. The lowest BCUT2D eigenvalue weighted by molar-refractivity contribution is -0.142. The summed E-state index contributed by atoms with van der Waals surface area (Å²) in [5, 5.41) is 14.3. The maximum atomic E-state index is 11.6. The summed E-state index contributed by atoms with van der Waals surface area (Å²) in [6, 6.07) is -0.830. The van der Waals surface area contributed by atoms with Crippen molar-refractivity contribution in [1.82, 2.24) is 10.6 Å². The third-order valence-corrected chi connectivity index (χ3v) is 3.17. The lowest BCUT2D eigenvalue weighted by Crippen LogP contribution is -2.41. The summed E-state index contributed by atoms with van der Waals surface area (Å²) in [6.45, 7) is 4.29. The number of rotatable bonds is 9. The zero-order valence-electron chi connectivity index (χ0n) is 12.1. The molecule has 0 heterocycles. The highest BCUT2D eigenvalue weighted by Crippen LogP contribution is 2.28. The molecule has 0 radical (unpaired) electrons. The molecule has 0 saturated heterocycles. The van der Waals surface area contributed by atoms with Crippen molar-refractivity contribution in [3.8, 4) is 0 Å². The smallest absolute Gasteiger partial charge is 0.326 e. The van der Waals surface area contributed by atoms with Gasteiger partial charge in [-0.25, -0.2) is 4.79 Å². The second kappa shape index (κ2) is 7.87. The van der Waals surface area contributed by atoms with Crippen molar-refractivity contribution in [2.24, 2.45) is 11.8 Å². The van der Waals surface area contributed by atoms with E-state index in [1.54, 1.807) is 0 Å². The molecule has 0 aromatic rings. The van der Waals surface area contributed by atoms with Gasteiger partial charge in [0.25, 0.3) is 0 Å². The third-order valence-electron chi connectivity index (χ3n) is 3.17. The van der Waals surface area contributed by atoms with E-state index in [2.05, 4.69) is 10.6 Å². The topological polar surface area (TPSA) is 95.5 Å². The second-order valence-corrected chi connectivity index (χ2v) is 5.76. The summed E-state index contributed by atoms with van der Waals surface area (Å²) in [4.78, 5) is 34.0. The standard InChI is InChI=1S/C14H24N2O4/c1-9(2)8-11(14(19)20)16-12(17)4-3-7-15-13(18)10-5-6-10/h9-11H,3-8H2,1-2H3,(H,15,18)(H,16,17)(H,19,20)/t11-/m0/s1. The van der Waals surface area contributed by atoms with Crippen molar-refractivity contribution in [3.63, 3.8) is 0 Å². The van der Waals surface area contributed by atoms with E-state index >= 15 is 0 Å². The molecule has 1 atom stereocenters. The maximum Gasteiger partial charge on any atom is 0.326 e. The Hall–Kier alpha value is -1.59. The lowest BCUT2D eigenvalue weighted by atomic mass is 10.0. The van der Waals surface area contributed by atoms with Gasteiger partial charge in [-0.1, -0.05) is 13.8 Å².